The van der Waals surface area contributed by atoms with E-state index >= 15 is 0 Å². The highest BCUT2D eigenvalue weighted by molar-refractivity contribution is 6.41. The van der Waals surface area contributed by atoms with Crippen LogP contribution in [-0.4, -0.2) is 29.8 Å². The number of hydrogen-bond donors (Lipinski definition) is 0. The average Bonchev–Trinajstić information content (AvgIpc) is 3.39. The highest BCUT2D eigenvalue weighted by atomic mass is 16.5. The summed E-state index contributed by atoms with van der Waals surface area (Å²) in [6.45, 7) is 1.94. The van der Waals surface area contributed by atoms with E-state index in [0.717, 1.165) is 11.1 Å². The third-order valence-corrected chi connectivity index (χ3v) is 5.83. The van der Waals surface area contributed by atoms with Gasteiger partial charge in [-0.2, -0.15) is 5.10 Å². The minimum atomic E-state index is -1.38. The standard InChI is InChI=1S/C27H22N2O4/c1-2-32-25(30)24-23(20-14-8-4-9-15-20)27(29(28-24)21-16-10-5-11-17-21)18-22(33-26(27)31)19-12-6-3-7-13-19/h3-18,23H,2H2,1H3/t23-,27-/m1/s1. The molecular formula is C27H22N2O4. The van der Waals surface area contributed by atoms with E-state index in [9.17, 15) is 9.59 Å². The minimum absolute atomic E-state index is 0.161. The predicted octanol–water partition coefficient (Wildman–Crippen LogP) is 4.55. The largest absolute Gasteiger partial charge is 0.461 e. The summed E-state index contributed by atoms with van der Waals surface area (Å²) in [6, 6.07) is 28.1. The lowest BCUT2D eigenvalue weighted by atomic mass is 9.76. The SMILES string of the molecule is CCOC(=O)C1=NN(c2ccccc2)[C@]2(C=C(c3ccccc3)OC2=O)[C@@H]1c1ccccc1. The van der Waals surface area contributed by atoms with Gasteiger partial charge in [0, 0.05) is 5.56 Å². The topological polar surface area (TPSA) is 68.2 Å². The van der Waals surface area contributed by atoms with Crippen LogP contribution in [0.15, 0.2) is 102 Å². The molecule has 0 unspecified atom stereocenters. The van der Waals surface area contributed by atoms with Gasteiger partial charge in [0.1, 0.15) is 5.76 Å². The van der Waals surface area contributed by atoms with Gasteiger partial charge in [-0.3, -0.25) is 0 Å². The molecule has 0 fully saturated rings. The van der Waals surface area contributed by atoms with E-state index in [1.165, 1.54) is 0 Å². The number of nitrogens with zero attached hydrogens (tertiary/aromatic N) is 2. The van der Waals surface area contributed by atoms with Gasteiger partial charge in [0.2, 0.25) is 0 Å². The van der Waals surface area contributed by atoms with E-state index in [2.05, 4.69) is 5.10 Å². The van der Waals surface area contributed by atoms with Gasteiger partial charge in [-0.1, -0.05) is 78.9 Å². The Bertz CT molecular complexity index is 1240. The molecule has 33 heavy (non-hydrogen) atoms. The molecule has 0 aliphatic carbocycles. The zero-order valence-corrected chi connectivity index (χ0v) is 18.0. The van der Waals surface area contributed by atoms with Crippen molar-refractivity contribution in [2.45, 2.75) is 18.4 Å². The maximum atomic E-state index is 13.7. The average molecular weight is 438 g/mol. The second-order valence-electron chi connectivity index (χ2n) is 7.79. The lowest BCUT2D eigenvalue weighted by molar-refractivity contribution is -0.139. The molecular weight excluding hydrogens is 416 g/mol. The Kier molecular flexibility index (Phi) is 5.26. The zero-order chi connectivity index (χ0) is 22.8. The molecule has 0 N–H and O–H groups in total. The molecule has 0 saturated heterocycles. The van der Waals surface area contributed by atoms with Crippen molar-refractivity contribution in [3.05, 3.63) is 108 Å². The number of anilines is 1. The molecule has 5 rings (SSSR count). The monoisotopic (exact) mass is 438 g/mol. The fourth-order valence-corrected chi connectivity index (χ4v) is 4.40. The van der Waals surface area contributed by atoms with Gasteiger partial charge in [-0.15, -0.1) is 0 Å². The second kappa shape index (κ2) is 8.39. The van der Waals surface area contributed by atoms with Crippen molar-refractivity contribution >= 4 is 29.1 Å². The fraction of sp³-hybridized carbons (Fsp3) is 0.148. The number of hydrogen-bond acceptors (Lipinski definition) is 6. The summed E-state index contributed by atoms with van der Waals surface area (Å²) in [5.74, 6) is -1.34. The first kappa shape index (κ1) is 20.7. The first-order valence-electron chi connectivity index (χ1n) is 10.8. The summed E-state index contributed by atoms with van der Waals surface area (Å²) >= 11 is 0. The van der Waals surface area contributed by atoms with E-state index in [0.29, 0.717) is 11.4 Å². The summed E-state index contributed by atoms with van der Waals surface area (Å²) in [4.78, 5) is 26.8. The molecule has 2 aliphatic heterocycles. The van der Waals surface area contributed by atoms with Crippen LogP contribution in [0.25, 0.3) is 5.76 Å². The Morgan fingerprint density at radius 2 is 1.58 bits per heavy atom. The van der Waals surface area contributed by atoms with Gasteiger partial charge >= 0.3 is 11.9 Å². The number of benzene rings is 3. The van der Waals surface area contributed by atoms with Crippen LogP contribution in [0.2, 0.25) is 0 Å². The molecule has 1 spiro atoms. The van der Waals surface area contributed by atoms with E-state index in [4.69, 9.17) is 9.47 Å². The number of para-hydroxylation sites is 1. The van der Waals surface area contributed by atoms with Crippen LogP contribution in [-0.2, 0) is 19.1 Å². The fourth-order valence-electron chi connectivity index (χ4n) is 4.40. The molecule has 0 amide bonds. The number of rotatable bonds is 5. The normalized spacial score (nSPS) is 21.5. The van der Waals surface area contributed by atoms with Gasteiger partial charge < -0.3 is 9.47 Å². The summed E-state index contributed by atoms with van der Waals surface area (Å²) < 4.78 is 11.2. The summed E-state index contributed by atoms with van der Waals surface area (Å²) in [6.07, 6.45) is 1.78. The molecule has 3 aromatic rings. The molecule has 164 valence electrons. The first-order chi connectivity index (χ1) is 16.1. The molecule has 0 aromatic heterocycles. The number of esters is 2. The zero-order valence-electron chi connectivity index (χ0n) is 18.0. The maximum absolute atomic E-state index is 13.7. The molecule has 2 aliphatic rings. The molecule has 0 bridgehead atoms. The summed E-state index contributed by atoms with van der Waals surface area (Å²) in [7, 11) is 0. The van der Waals surface area contributed by atoms with Crippen molar-refractivity contribution in [3.63, 3.8) is 0 Å². The van der Waals surface area contributed by atoms with Crippen LogP contribution >= 0.6 is 0 Å². The van der Waals surface area contributed by atoms with E-state index < -0.39 is 23.4 Å². The highest BCUT2D eigenvalue weighted by Gasteiger charge is 2.62. The van der Waals surface area contributed by atoms with Crippen LogP contribution in [0.1, 0.15) is 24.0 Å². The number of ether oxygens (including phenoxy) is 2. The van der Waals surface area contributed by atoms with Crippen LogP contribution in [0.3, 0.4) is 0 Å². The van der Waals surface area contributed by atoms with Crippen molar-refractivity contribution in [2.24, 2.45) is 5.10 Å². The molecule has 6 nitrogen and oxygen atoms in total. The van der Waals surface area contributed by atoms with Crippen LogP contribution in [0.5, 0.6) is 0 Å². The Morgan fingerprint density at radius 1 is 0.970 bits per heavy atom. The van der Waals surface area contributed by atoms with Crippen LogP contribution in [0.4, 0.5) is 5.69 Å². The minimum Gasteiger partial charge on any atom is -0.461 e. The van der Waals surface area contributed by atoms with Gasteiger partial charge in [0.25, 0.3) is 0 Å². The van der Waals surface area contributed by atoms with Crippen molar-refractivity contribution in [2.75, 3.05) is 11.6 Å². The van der Waals surface area contributed by atoms with E-state index in [1.807, 2.05) is 91.0 Å². The van der Waals surface area contributed by atoms with Gasteiger partial charge in [0.05, 0.1) is 18.2 Å². The Morgan fingerprint density at radius 3 is 2.21 bits per heavy atom. The Hall–Kier alpha value is -4.19. The lowest BCUT2D eigenvalue weighted by Crippen LogP contribution is -2.51. The van der Waals surface area contributed by atoms with Crippen molar-refractivity contribution in [1.29, 1.82) is 0 Å². The predicted molar refractivity (Wildman–Crippen MR) is 125 cm³/mol. The number of carbonyl (C=O) groups is 2. The molecule has 0 radical (unpaired) electrons. The van der Waals surface area contributed by atoms with Crippen molar-refractivity contribution in [1.82, 2.24) is 0 Å². The third kappa shape index (κ3) is 3.40. The first-order valence-corrected chi connectivity index (χ1v) is 10.8. The highest BCUT2D eigenvalue weighted by Crippen LogP contribution is 2.49. The molecule has 6 heteroatoms. The van der Waals surface area contributed by atoms with Gasteiger partial charge in [-0.25, -0.2) is 14.6 Å². The quantitative estimate of drug-likeness (QED) is 0.547. The van der Waals surface area contributed by atoms with Crippen LogP contribution < -0.4 is 5.01 Å². The second-order valence-corrected chi connectivity index (χ2v) is 7.79. The van der Waals surface area contributed by atoms with Gasteiger partial charge in [-0.05, 0) is 30.7 Å². The van der Waals surface area contributed by atoms with Crippen molar-refractivity contribution < 1.29 is 19.1 Å². The lowest BCUT2D eigenvalue weighted by Gasteiger charge is -2.33. The molecule has 2 heterocycles. The number of cyclic esters (lactones) is 1. The summed E-state index contributed by atoms with van der Waals surface area (Å²) in [5, 5.41) is 6.27. The number of carbonyl (C=O) groups excluding carboxylic acids is 2. The summed E-state index contributed by atoms with van der Waals surface area (Å²) in [5.41, 5.74) is 0.989. The molecule has 3 aromatic carbocycles. The van der Waals surface area contributed by atoms with Crippen LogP contribution in [0, 0.1) is 0 Å². The Labute approximate surface area is 191 Å². The smallest absolute Gasteiger partial charge is 0.355 e. The van der Waals surface area contributed by atoms with Crippen molar-refractivity contribution in [3.8, 4) is 0 Å². The maximum Gasteiger partial charge on any atom is 0.355 e. The molecule has 0 saturated carbocycles. The third-order valence-electron chi connectivity index (χ3n) is 5.83. The molecule has 2 atom stereocenters. The number of hydrazone groups is 1. The van der Waals surface area contributed by atoms with Gasteiger partial charge in [0.15, 0.2) is 11.3 Å². The van der Waals surface area contributed by atoms with E-state index in [1.54, 1.807) is 18.0 Å². The van der Waals surface area contributed by atoms with E-state index in [-0.39, 0.29) is 12.3 Å². The Balaban J connectivity index is 1.75.